The van der Waals surface area contributed by atoms with Crippen LogP contribution in [0.2, 0.25) is 0 Å². The van der Waals surface area contributed by atoms with E-state index in [0.717, 1.165) is 44.4 Å². The van der Waals surface area contributed by atoms with Crippen molar-refractivity contribution in [2.24, 2.45) is 5.92 Å². The van der Waals surface area contributed by atoms with Crippen molar-refractivity contribution in [2.75, 3.05) is 16.8 Å². The van der Waals surface area contributed by atoms with Crippen LogP contribution in [-0.2, 0) is 24.5 Å². The van der Waals surface area contributed by atoms with Crippen LogP contribution in [0, 0.1) is 25.0 Å². The van der Waals surface area contributed by atoms with E-state index in [9.17, 15) is 0 Å². The van der Waals surface area contributed by atoms with E-state index >= 15 is 0 Å². The van der Waals surface area contributed by atoms with Crippen LogP contribution in [0.5, 0.6) is 11.5 Å². The molecule has 0 aliphatic heterocycles. The number of hydrogen-bond acceptors (Lipinski definition) is 4. The Bertz CT molecular complexity index is 2360. The van der Waals surface area contributed by atoms with E-state index in [1.165, 1.54) is 11.1 Å². The molecule has 0 saturated heterocycles. The molecule has 9 heteroatoms. The van der Waals surface area contributed by atoms with Crippen molar-refractivity contribution >= 4 is 66.9 Å². The number of likely N-dealkylation sites (N-methyl/N-ethyl adjacent to an activating group) is 1. The Kier molecular flexibility index (Phi) is 9.50. The Balaban J connectivity index is 1.25. The summed E-state index contributed by atoms with van der Waals surface area (Å²) in [6.45, 7) is 8.76. The van der Waals surface area contributed by atoms with Gasteiger partial charge >= 0.3 is 252 Å². The number of ether oxygens (including phenoxy) is 1. The second kappa shape index (κ2) is 13.9. The van der Waals surface area contributed by atoms with Gasteiger partial charge in [0.25, 0.3) is 0 Å². The molecule has 250 valence electrons. The molecule has 1 aliphatic rings. The average molecular weight is 839 g/mol. The van der Waals surface area contributed by atoms with Gasteiger partial charge in [-0.2, -0.15) is 0 Å². The maximum absolute atomic E-state index is 6.49. The van der Waals surface area contributed by atoms with Crippen molar-refractivity contribution in [1.82, 2.24) is 9.55 Å². The number of allylic oxidation sites excluding steroid dienone is 2. The number of pyridine rings is 1. The van der Waals surface area contributed by atoms with Gasteiger partial charge < -0.3 is 0 Å². The molecule has 2 atom stereocenters. The molecule has 6 aromatic rings. The molecule has 0 saturated carbocycles. The fourth-order valence-electron chi connectivity index (χ4n) is 7.31. The van der Waals surface area contributed by atoms with Crippen LogP contribution in [0.15, 0.2) is 114 Å². The first-order valence-corrected chi connectivity index (χ1v) is 18.1. The van der Waals surface area contributed by atoms with Crippen molar-refractivity contribution in [1.29, 1.82) is 0 Å². The summed E-state index contributed by atoms with van der Waals surface area (Å²) in [6.07, 6.45) is 6.30. The summed E-state index contributed by atoms with van der Waals surface area (Å²) in [5, 5.41) is 0.579. The zero-order valence-corrected chi connectivity index (χ0v) is 31.6. The Morgan fingerprint density at radius 2 is 1.65 bits per heavy atom. The van der Waals surface area contributed by atoms with E-state index in [0.29, 0.717) is 28.8 Å². The van der Waals surface area contributed by atoms with Gasteiger partial charge in [-0.05, 0) is 13.0 Å². The second-order valence-electron chi connectivity index (χ2n) is 13.4. The summed E-state index contributed by atoms with van der Waals surface area (Å²) in [6, 6.07) is 35.6. The first-order valence-electron chi connectivity index (χ1n) is 16.8. The molecule has 6 radical (unpaired) electrons. The molecule has 5 nitrogen and oxygen atoms in total. The Labute approximate surface area is 315 Å². The molecule has 51 heavy (non-hydrogen) atoms. The number of aromatic nitrogens is 2. The second-order valence-corrected chi connectivity index (χ2v) is 14.0. The molecule has 1 aliphatic carbocycles. The van der Waals surface area contributed by atoms with E-state index in [2.05, 4.69) is 142 Å². The van der Waals surface area contributed by atoms with Gasteiger partial charge in [-0.15, -0.1) is 5.11 Å². The molecule has 0 fully saturated rings. The normalized spacial score (nSPS) is 16.1. The monoisotopic (exact) mass is 839 g/mol. The zero-order chi connectivity index (χ0) is 36.0. The first kappa shape index (κ1) is 34.9. The molecule has 2 aromatic heterocycles. The minimum atomic E-state index is -1.51. The van der Waals surface area contributed by atoms with Crippen molar-refractivity contribution in [3.63, 3.8) is 0 Å². The third-order valence-electron chi connectivity index (χ3n) is 9.48. The summed E-state index contributed by atoms with van der Waals surface area (Å²) in [7, 11) is 20.4. The predicted molar refractivity (Wildman–Crippen MR) is 210 cm³/mol. The summed E-state index contributed by atoms with van der Waals surface area (Å²) in [4.78, 5) is 9.20. The Morgan fingerprint density at radius 3 is 2.39 bits per heavy atom. The quantitative estimate of drug-likeness (QED) is 0.109. The van der Waals surface area contributed by atoms with Gasteiger partial charge in [-0.25, -0.2) is 0 Å². The molecule has 4 aromatic carbocycles. The number of aryl methyl sites for hydroxylation is 1. The van der Waals surface area contributed by atoms with E-state index in [-0.39, 0.29) is 6.04 Å². The fraction of sp³-hybridized carbons (Fsp3) is 0.190. The van der Waals surface area contributed by atoms with E-state index in [1.54, 1.807) is 12.3 Å². The van der Waals surface area contributed by atoms with Crippen molar-refractivity contribution < 1.29 is 24.1 Å². The summed E-state index contributed by atoms with van der Waals surface area (Å²) < 4.78 is 10.6. The van der Waals surface area contributed by atoms with Gasteiger partial charge in [0, 0.05) is 6.20 Å². The van der Waals surface area contributed by atoms with Crippen LogP contribution in [0.1, 0.15) is 31.9 Å². The number of rotatable bonds is 9. The van der Waals surface area contributed by atoms with Crippen LogP contribution in [-0.4, -0.2) is 50.7 Å². The minimum absolute atomic E-state index is 0.246. The van der Waals surface area contributed by atoms with Crippen LogP contribution in [0.3, 0.4) is 0 Å². The van der Waals surface area contributed by atoms with Gasteiger partial charge in [-0.3, -0.25) is 0 Å². The molecule has 2 unspecified atom stereocenters. The van der Waals surface area contributed by atoms with Crippen LogP contribution < -0.4 is 14.5 Å². The number of fused-ring (bicyclic) bond motifs is 3. The molecule has 0 bridgehead atoms. The van der Waals surface area contributed by atoms with Crippen LogP contribution >= 0.6 is 0 Å². The topological polar surface area (TPSA) is 33.5 Å². The van der Waals surface area contributed by atoms with E-state index < -0.39 is 5.11 Å². The van der Waals surface area contributed by atoms with Gasteiger partial charge in [0.1, 0.15) is 0 Å². The molecule has 0 spiro atoms. The van der Waals surface area contributed by atoms with Crippen molar-refractivity contribution in [2.45, 2.75) is 38.8 Å². The molecule has 2 heterocycles. The first-order chi connectivity index (χ1) is 24.4. The molecular weight excluding hydrogens is 804 g/mol. The number of hydrogen-bond donors (Lipinski definition) is 0. The Morgan fingerprint density at radius 1 is 0.882 bits per heavy atom. The molecule has 0 N–H and O–H groups in total. The third-order valence-corrected chi connectivity index (χ3v) is 10.1. The Hall–Kier alpha value is -4.54. The number of nitrogens with zero attached hydrogens (tertiary/aromatic N) is 4. The van der Waals surface area contributed by atoms with Gasteiger partial charge in [-0.1, -0.05) is 17.2 Å². The van der Waals surface area contributed by atoms with Crippen LogP contribution in [0.25, 0.3) is 27.6 Å². The molecule has 0 amide bonds. The van der Waals surface area contributed by atoms with Crippen molar-refractivity contribution in [3.05, 3.63) is 138 Å². The average Bonchev–Trinajstić information content (AvgIpc) is 3.41. The SMILES string of the molecule is [B]C([B])([B])c1ccnc(-n2c3[c-]c(Oc4[c-]c(N([CH]=[Pt])c5ccccc5N(C)C5C(C)=CC(C)=CC5C)ccc4)ccc3c3cc(C)ccc32)c1. The van der Waals surface area contributed by atoms with E-state index in [1.807, 2.05) is 39.4 Å². The zero-order valence-electron chi connectivity index (χ0n) is 29.3. The standard InChI is InChI=1S/C42H35B3N4O.Pt/c1-26-14-17-36-35(22-26)34-16-15-33(25-39(34)49(36)40-23-30(18-19-46-40)42(43,44)45)50-32-11-9-10-31(24-32)47(5)37-12-7-8-13-38(37)48(6)41-28(3)20-27(2)21-29(41)4;/h5,7-23,28,41H,1-4,6H3;/q-2;. The van der Waals surface area contributed by atoms with Gasteiger partial charge in [0.15, 0.2) is 0 Å². The van der Waals surface area contributed by atoms with E-state index in [4.69, 9.17) is 28.3 Å². The number of para-hydroxylation sites is 2. The third kappa shape index (κ3) is 6.79. The van der Waals surface area contributed by atoms with Gasteiger partial charge in [0.05, 0.1) is 23.5 Å². The van der Waals surface area contributed by atoms with Gasteiger partial charge in [0.2, 0.25) is 0 Å². The summed E-state index contributed by atoms with van der Waals surface area (Å²) in [5.41, 5.74) is 9.17. The molecule has 7 rings (SSSR count). The summed E-state index contributed by atoms with van der Waals surface area (Å²) in [5.74, 6) is 2.11. The predicted octanol–water partition coefficient (Wildman–Crippen LogP) is 8.29. The van der Waals surface area contributed by atoms with Crippen LogP contribution in [0.4, 0.5) is 17.1 Å². The summed E-state index contributed by atoms with van der Waals surface area (Å²) >= 11 is 2.27. The maximum atomic E-state index is 6.49. The fourth-order valence-corrected chi connectivity index (χ4v) is 7.94. The molecular formula is C42H35B3N4OPt-2. The number of benzene rings is 4. The number of anilines is 3. The van der Waals surface area contributed by atoms with Crippen molar-refractivity contribution in [3.8, 4) is 17.3 Å².